The maximum Gasteiger partial charge on any atom is 0.243 e. The van der Waals surface area contributed by atoms with Crippen molar-refractivity contribution in [3.8, 4) is 6.07 Å². The molecule has 0 aromatic heterocycles. The first-order chi connectivity index (χ1) is 9.98. The smallest absolute Gasteiger partial charge is 0.243 e. The van der Waals surface area contributed by atoms with Crippen LogP contribution in [0.4, 0.5) is 0 Å². The lowest BCUT2D eigenvalue weighted by Crippen LogP contribution is -2.42. The van der Waals surface area contributed by atoms with E-state index in [1.807, 2.05) is 13.1 Å². The fourth-order valence-corrected chi connectivity index (χ4v) is 4.59. The Balaban J connectivity index is 2.31. The summed E-state index contributed by atoms with van der Waals surface area (Å²) in [5.74, 6) is 0.345. The van der Waals surface area contributed by atoms with Crippen molar-refractivity contribution >= 4 is 10.0 Å². The number of hydrogen-bond donors (Lipinski definition) is 1. The van der Waals surface area contributed by atoms with Crippen LogP contribution in [0.1, 0.15) is 24.0 Å². The van der Waals surface area contributed by atoms with Crippen LogP contribution < -0.4 is 5.32 Å². The molecule has 1 aromatic rings. The van der Waals surface area contributed by atoms with E-state index in [-0.39, 0.29) is 4.90 Å². The van der Waals surface area contributed by atoms with Gasteiger partial charge in [0.05, 0.1) is 16.5 Å². The predicted molar refractivity (Wildman–Crippen MR) is 81.3 cm³/mol. The van der Waals surface area contributed by atoms with Crippen molar-refractivity contribution < 1.29 is 8.42 Å². The fourth-order valence-electron chi connectivity index (χ4n) is 2.79. The molecular formula is C15H21N3O2S. The van der Waals surface area contributed by atoms with Crippen LogP contribution in [-0.2, 0) is 10.0 Å². The minimum absolute atomic E-state index is 0.256. The van der Waals surface area contributed by atoms with Gasteiger partial charge in [0.25, 0.3) is 0 Å². The van der Waals surface area contributed by atoms with Gasteiger partial charge in [-0.25, -0.2) is 8.42 Å². The summed E-state index contributed by atoms with van der Waals surface area (Å²) in [4.78, 5) is 0.256. The number of piperidine rings is 1. The molecule has 0 radical (unpaired) electrons. The van der Waals surface area contributed by atoms with Crippen molar-refractivity contribution in [2.45, 2.75) is 24.7 Å². The predicted octanol–water partition coefficient (Wildman–Crippen LogP) is 1.49. The van der Waals surface area contributed by atoms with Crippen LogP contribution in [-0.4, -0.2) is 39.4 Å². The molecule has 1 fully saturated rings. The molecule has 1 N–H and O–H groups in total. The molecule has 2 rings (SSSR count). The van der Waals surface area contributed by atoms with E-state index in [0.29, 0.717) is 30.1 Å². The number of rotatable bonds is 4. The highest BCUT2D eigenvalue weighted by atomic mass is 32.2. The van der Waals surface area contributed by atoms with Gasteiger partial charge in [0.2, 0.25) is 10.0 Å². The summed E-state index contributed by atoms with van der Waals surface area (Å²) in [7, 11) is -1.64. The zero-order valence-electron chi connectivity index (χ0n) is 12.5. The number of hydrogen-bond acceptors (Lipinski definition) is 4. The maximum atomic E-state index is 12.8. The highest BCUT2D eigenvalue weighted by Crippen LogP contribution is 2.26. The van der Waals surface area contributed by atoms with Crippen LogP contribution >= 0.6 is 0 Å². The normalized spacial score (nSPS) is 20.1. The molecule has 0 bridgehead atoms. The highest BCUT2D eigenvalue weighted by molar-refractivity contribution is 7.89. The Bertz CT molecular complexity index is 647. The van der Waals surface area contributed by atoms with Crippen molar-refractivity contribution in [3.63, 3.8) is 0 Å². The number of sulfonamides is 1. The molecule has 1 atom stereocenters. The highest BCUT2D eigenvalue weighted by Gasteiger charge is 2.31. The number of nitrogens with one attached hydrogen (secondary N) is 1. The van der Waals surface area contributed by atoms with E-state index >= 15 is 0 Å². The van der Waals surface area contributed by atoms with Crippen LogP contribution in [0.5, 0.6) is 0 Å². The van der Waals surface area contributed by atoms with Crippen LogP contribution in [0.2, 0.25) is 0 Å². The van der Waals surface area contributed by atoms with Gasteiger partial charge in [0.1, 0.15) is 0 Å². The fraction of sp³-hybridized carbons (Fsp3) is 0.533. The number of aryl methyl sites for hydroxylation is 1. The molecule has 1 saturated heterocycles. The Morgan fingerprint density at radius 2 is 2.24 bits per heavy atom. The Hall–Kier alpha value is -1.42. The van der Waals surface area contributed by atoms with E-state index in [0.717, 1.165) is 19.4 Å². The first-order valence-electron chi connectivity index (χ1n) is 7.14. The quantitative estimate of drug-likeness (QED) is 0.914. The Kier molecular flexibility index (Phi) is 4.99. The van der Waals surface area contributed by atoms with Crippen LogP contribution in [0.15, 0.2) is 23.1 Å². The molecular weight excluding hydrogens is 286 g/mol. The number of nitrogens with zero attached hydrogens (tertiary/aromatic N) is 2. The topological polar surface area (TPSA) is 73.2 Å². The van der Waals surface area contributed by atoms with Gasteiger partial charge in [-0.3, -0.25) is 0 Å². The second kappa shape index (κ2) is 6.56. The molecule has 6 heteroatoms. The molecule has 21 heavy (non-hydrogen) atoms. The van der Waals surface area contributed by atoms with Gasteiger partial charge in [-0.05, 0) is 57.0 Å². The van der Waals surface area contributed by atoms with E-state index in [1.165, 1.54) is 6.07 Å². The van der Waals surface area contributed by atoms with Gasteiger partial charge in [-0.1, -0.05) is 6.07 Å². The zero-order chi connectivity index (χ0) is 15.5. The van der Waals surface area contributed by atoms with Crippen molar-refractivity contribution in [3.05, 3.63) is 29.3 Å². The Morgan fingerprint density at radius 3 is 2.90 bits per heavy atom. The summed E-state index contributed by atoms with van der Waals surface area (Å²) in [6, 6.07) is 6.83. The lowest BCUT2D eigenvalue weighted by molar-refractivity contribution is 0.263. The average molecular weight is 307 g/mol. The standard InChI is InChI=1S/C15H21N3O2S/c1-12-5-6-13(9-16)8-15(12)21(19,20)18-7-3-4-14(11-18)10-17-2/h5-6,8,14,17H,3-4,7,10-11H2,1-2H3/t14-/m1/s1. The molecule has 0 spiro atoms. The number of benzene rings is 1. The Morgan fingerprint density at radius 1 is 1.48 bits per heavy atom. The molecule has 0 aliphatic carbocycles. The maximum absolute atomic E-state index is 12.8. The van der Waals surface area contributed by atoms with Gasteiger partial charge < -0.3 is 5.32 Å². The first-order valence-corrected chi connectivity index (χ1v) is 8.58. The molecule has 1 heterocycles. The summed E-state index contributed by atoms with van der Waals surface area (Å²) in [5, 5.41) is 12.1. The second-order valence-corrected chi connectivity index (χ2v) is 7.43. The third-order valence-electron chi connectivity index (χ3n) is 3.91. The summed E-state index contributed by atoms with van der Waals surface area (Å²) >= 11 is 0. The SMILES string of the molecule is CNC[C@H]1CCCN(S(=O)(=O)c2cc(C#N)ccc2C)C1. The molecule has 0 saturated carbocycles. The molecule has 5 nitrogen and oxygen atoms in total. The third-order valence-corrected chi connectivity index (χ3v) is 5.92. The second-order valence-electron chi connectivity index (χ2n) is 5.52. The third kappa shape index (κ3) is 3.43. The average Bonchev–Trinajstić information content (AvgIpc) is 2.48. The van der Waals surface area contributed by atoms with E-state index in [1.54, 1.807) is 23.4 Å². The van der Waals surface area contributed by atoms with Crippen molar-refractivity contribution in [2.24, 2.45) is 5.92 Å². The summed E-state index contributed by atoms with van der Waals surface area (Å²) in [6.07, 6.45) is 1.92. The zero-order valence-corrected chi connectivity index (χ0v) is 13.3. The summed E-state index contributed by atoms with van der Waals surface area (Å²) < 4.78 is 27.2. The summed E-state index contributed by atoms with van der Waals surface area (Å²) in [5.41, 5.74) is 1.06. The monoisotopic (exact) mass is 307 g/mol. The van der Waals surface area contributed by atoms with Gasteiger partial charge in [0.15, 0.2) is 0 Å². The minimum atomic E-state index is -3.52. The van der Waals surface area contributed by atoms with E-state index in [2.05, 4.69) is 5.32 Å². The van der Waals surface area contributed by atoms with Gasteiger partial charge in [0, 0.05) is 13.1 Å². The van der Waals surface area contributed by atoms with Crippen molar-refractivity contribution in [1.29, 1.82) is 5.26 Å². The molecule has 1 aliphatic heterocycles. The number of nitriles is 1. The lowest BCUT2D eigenvalue weighted by atomic mass is 10.00. The minimum Gasteiger partial charge on any atom is -0.319 e. The molecule has 0 amide bonds. The van der Waals surface area contributed by atoms with Gasteiger partial charge in [-0.15, -0.1) is 0 Å². The van der Waals surface area contributed by atoms with Crippen LogP contribution in [0.25, 0.3) is 0 Å². The Labute approximate surface area is 126 Å². The van der Waals surface area contributed by atoms with E-state index in [4.69, 9.17) is 5.26 Å². The van der Waals surface area contributed by atoms with Crippen molar-refractivity contribution in [2.75, 3.05) is 26.7 Å². The molecule has 1 aromatic carbocycles. The van der Waals surface area contributed by atoms with Crippen LogP contribution in [0.3, 0.4) is 0 Å². The largest absolute Gasteiger partial charge is 0.319 e. The molecule has 0 unspecified atom stereocenters. The van der Waals surface area contributed by atoms with E-state index < -0.39 is 10.0 Å². The first kappa shape index (κ1) is 16.0. The van der Waals surface area contributed by atoms with Crippen molar-refractivity contribution in [1.82, 2.24) is 9.62 Å². The summed E-state index contributed by atoms with van der Waals surface area (Å²) in [6.45, 7) is 3.68. The van der Waals surface area contributed by atoms with E-state index in [9.17, 15) is 8.42 Å². The molecule has 114 valence electrons. The van der Waals surface area contributed by atoms with Gasteiger partial charge >= 0.3 is 0 Å². The van der Waals surface area contributed by atoms with Gasteiger partial charge in [-0.2, -0.15) is 9.57 Å². The molecule has 1 aliphatic rings. The van der Waals surface area contributed by atoms with Crippen LogP contribution in [0, 0.1) is 24.2 Å². The lowest BCUT2D eigenvalue weighted by Gasteiger charge is -2.32.